The van der Waals surface area contributed by atoms with Gasteiger partial charge in [0, 0.05) is 13.1 Å². The molecule has 0 fully saturated rings. The van der Waals surface area contributed by atoms with Crippen molar-refractivity contribution in [1.82, 2.24) is 9.88 Å². The third-order valence-electron chi connectivity index (χ3n) is 4.35. The minimum Gasteiger partial charge on any atom is -0.308 e. The number of fused-ring (bicyclic) bond motifs is 1. The molecule has 0 aliphatic carbocycles. The van der Waals surface area contributed by atoms with Gasteiger partial charge in [0.2, 0.25) is 5.91 Å². The fourth-order valence-electron chi connectivity index (χ4n) is 2.72. The molecule has 2 aromatic carbocycles. The average Bonchev–Trinajstić information content (AvgIpc) is 3.07. The molecule has 10 heteroatoms. The zero-order valence-electron chi connectivity index (χ0n) is 16.8. The minimum atomic E-state index is -3.81. The fraction of sp³-hybridized carbons (Fsp3) is 0.300. The van der Waals surface area contributed by atoms with Crippen LogP contribution in [0.2, 0.25) is 0 Å². The van der Waals surface area contributed by atoms with Crippen molar-refractivity contribution in [1.29, 1.82) is 0 Å². The van der Waals surface area contributed by atoms with Gasteiger partial charge in [0.25, 0.3) is 0 Å². The maximum Gasteiger partial charge on any atom is 0.244 e. The van der Waals surface area contributed by atoms with E-state index in [0.29, 0.717) is 11.2 Å². The zero-order valence-corrected chi connectivity index (χ0v) is 19.3. The Bertz CT molecular complexity index is 1130. The van der Waals surface area contributed by atoms with E-state index in [1.807, 2.05) is 25.9 Å². The van der Waals surface area contributed by atoms with Crippen LogP contribution >= 0.6 is 23.7 Å². The third-order valence-corrected chi connectivity index (χ3v) is 7.02. The number of para-hydroxylation sites is 1. The number of amides is 1. The number of likely N-dealkylation sites (N-methyl/N-ethyl adjacent to an activating group) is 1. The van der Waals surface area contributed by atoms with Crippen molar-refractivity contribution < 1.29 is 17.6 Å². The monoisotopic (exact) mass is 471 g/mol. The Morgan fingerprint density at radius 3 is 2.37 bits per heavy atom. The molecule has 0 unspecified atom stereocenters. The molecule has 3 rings (SSSR count). The van der Waals surface area contributed by atoms with Gasteiger partial charge in [-0.1, -0.05) is 35.1 Å². The van der Waals surface area contributed by atoms with Gasteiger partial charge in [-0.25, -0.2) is 17.8 Å². The first-order chi connectivity index (χ1) is 13.7. The summed E-state index contributed by atoms with van der Waals surface area (Å²) in [6.07, 6.45) is 0. The van der Waals surface area contributed by atoms with E-state index in [0.717, 1.165) is 16.9 Å². The van der Waals surface area contributed by atoms with Gasteiger partial charge in [-0.3, -0.25) is 9.69 Å². The number of halogens is 2. The quantitative estimate of drug-likeness (QED) is 0.527. The topological polar surface area (TPSA) is 70.6 Å². The molecule has 0 saturated heterocycles. The highest BCUT2D eigenvalue weighted by atomic mass is 35.5. The number of nitrogens with zero attached hydrogens (tertiary/aromatic N) is 3. The lowest BCUT2D eigenvalue weighted by molar-refractivity contribution is -0.116. The first kappa shape index (κ1) is 24.2. The van der Waals surface area contributed by atoms with Gasteiger partial charge in [-0.15, -0.1) is 12.4 Å². The summed E-state index contributed by atoms with van der Waals surface area (Å²) in [6, 6.07) is 11.0. The number of carbonyl (C=O) groups excluding carboxylic acids is 1. The number of hydrogen-bond acceptors (Lipinski definition) is 6. The van der Waals surface area contributed by atoms with Crippen LogP contribution in [0, 0.1) is 12.7 Å². The molecular weight excluding hydrogens is 449 g/mol. The number of benzene rings is 2. The molecule has 0 aliphatic rings. The van der Waals surface area contributed by atoms with Gasteiger partial charge < -0.3 is 4.90 Å². The number of aromatic nitrogens is 1. The van der Waals surface area contributed by atoms with E-state index in [4.69, 9.17) is 0 Å². The van der Waals surface area contributed by atoms with E-state index < -0.39 is 27.3 Å². The highest BCUT2D eigenvalue weighted by Crippen LogP contribution is 2.30. The number of sulfone groups is 1. The summed E-state index contributed by atoms with van der Waals surface area (Å²) in [7, 11) is -0.106. The molecule has 30 heavy (non-hydrogen) atoms. The standard InChI is InChI=1S/C20H22FN3O3S2.ClH/c1-14-7-9-15(10-8-14)29(26,27)13-18(25)24(12-11-23(2)3)20-22-19-16(21)5-4-6-17(19)28-20;/h4-10H,11-13H2,1-3H3;1H. The van der Waals surface area contributed by atoms with Crippen LogP contribution in [0.5, 0.6) is 0 Å². The number of thiazole rings is 1. The van der Waals surface area contributed by atoms with E-state index in [-0.39, 0.29) is 34.5 Å². The lowest BCUT2D eigenvalue weighted by Gasteiger charge is -2.22. The van der Waals surface area contributed by atoms with Crippen LogP contribution in [0.3, 0.4) is 0 Å². The molecule has 0 N–H and O–H groups in total. The lowest BCUT2D eigenvalue weighted by Crippen LogP contribution is -2.40. The first-order valence-electron chi connectivity index (χ1n) is 8.97. The summed E-state index contributed by atoms with van der Waals surface area (Å²) in [5.74, 6) is -1.74. The second-order valence-electron chi connectivity index (χ2n) is 7.00. The van der Waals surface area contributed by atoms with Gasteiger partial charge in [0.05, 0.1) is 9.60 Å². The molecule has 0 aliphatic heterocycles. The normalized spacial score (nSPS) is 11.5. The van der Waals surface area contributed by atoms with Crippen LogP contribution in [-0.2, 0) is 14.6 Å². The molecule has 0 atom stereocenters. The predicted molar refractivity (Wildman–Crippen MR) is 121 cm³/mol. The van der Waals surface area contributed by atoms with E-state index in [2.05, 4.69) is 4.98 Å². The highest BCUT2D eigenvalue weighted by molar-refractivity contribution is 7.92. The van der Waals surface area contributed by atoms with Gasteiger partial charge in [-0.05, 0) is 45.3 Å². The minimum absolute atomic E-state index is 0. The van der Waals surface area contributed by atoms with Crippen molar-refractivity contribution in [3.63, 3.8) is 0 Å². The van der Waals surface area contributed by atoms with Crippen LogP contribution in [0.1, 0.15) is 5.56 Å². The van der Waals surface area contributed by atoms with Crippen LogP contribution in [-0.4, -0.2) is 57.1 Å². The van der Waals surface area contributed by atoms with Crippen molar-refractivity contribution in [3.8, 4) is 0 Å². The Balaban J connectivity index is 0.00000320. The number of rotatable bonds is 7. The highest BCUT2D eigenvalue weighted by Gasteiger charge is 2.27. The molecule has 1 heterocycles. The van der Waals surface area contributed by atoms with Crippen molar-refractivity contribution >= 4 is 54.8 Å². The maximum atomic E-state index is 14.0. The maximum absolute atomic E-state index is 14.0. The van der Waals surface area contributed by atoms with E-state index in [1.54, 1.807) is 24.3 Å². The summed E-state index contributed by atoms with van der Waals surface area (Å²) in [5.41, 5.74) is 1.11. The van der Waals surface area contributed by atoms with Crippen molar-refractivity contribution in [2.75, 3.05) is 37.8 Å². The first-order valence-corrected chi connectivity index (χ1v) is 11.4. The van der Waals surface area contributed by atoms with Gasteiger partial charge >= 0.3 is 0 Å². The second kappa shape index (κ2) is 9.82. The van der Waals surface area contributed by atoms with Crippen molar-refractivity contribution in [2.45, 2.75) is 11.8 Å². The fourth-order valence-corrected chi connectivity index (χ4v) is 4.94. The lowest BCUT2D eigenvalue weighted by atomic mass is 10.2. The zero-order chi connectivity index (χ0) is 21.2. The third kappa shape index (κ3) is 5.54. The second-order valence-corrected chi connectivity index (χ2v) is 10.0. The Morgan fingerprint density at radius 2 is 1.77 bits per heavy atom. The van der Waals surface area contributed by atoms with Crippen LogP contribution in [0.4, 0.5) is 9.52 Å². The molecule has 0 saturated carbocycles. The number of aryl methyl sites for hydroxylation is 1. The molecule has 6 nitrogen and oxygen atoms in total. The van der Waals surface area contributed by atoms with Crippen LogP contribution in [0.15, 0.2) is 47.4 Å². The van der Waals surface area contributed by atoms with Crippen LogP contribution in [0.25, 0.3) is 10.2 Å². The molecule has 3 aromatic rings. The Morgan fingerprint density at radius 1 is 1.10 bits per heavy atom. The molecule has 0 spiro atoms. The number of hydrogen-bond donors (Lipinski definition) is 0. The van der Waals surface area contributed by atoms with Gasteiger partial charge in [0.15, 0.2) is 15.0 Å². The van der Waals surface area contributed by atoms with E-state index in [1.165, 1.54) is 23.1 Å². The van der Waals surface area contributed by atoms with Gasteiger partial charge in [0.1, 0.15) is 17.1 Å². The Labute approximate surface area is 185 Å². The van der Waals surface area contributed by atoms with E-state index in [9.17, 15) is 17.6 Å². The molecule has 1 amide bonds. The van der Waals surface area contributed by atoms with Gasteiger partial charge in [-0.2, -0.15) is 0 Å². The number of carbonyl (C=O) groups is 1. The average molecular weight is 472 g/mol. The van der Waals surface area contributed by atoms with Crippen molar-refractivity contribution in [3.05, 3.63) is 53.8 Å². The SMILES string of the molecule is Cc1ccc(S(=O)(=O)CC(=O)N(CCN(C)C)c2nc3c(F)cccc3s2)cc1.Cl. The molecule has 162 valence electrons. The van der Waals surface area contributed by atoms with Crippen molar-refractivity contribution in [2.24, 2.45) is 0 Å². The molecule has 0 bridgehead atoms. The largest absolute Gasteiger partial charge is 0.308 e. The predicted octanol–water partition coefficient (Wildman–Crippen LogP) is 3.53. The molecule has 1 aromatic heterocycles. The summed E-state index contributed by atoms with van der Waals surface area (Å²) >= 11 is 1.16. The number of anilines is 1. The summed E-state index contributed by atoms with van der Waals surface area (Å²) in [4.78, 5) is 20.5. The van der Waals surface area contributed by atoms with E-state index >= 15 is 0 Å². The molecular formula is C20H23ClFN3O3S2. The Hall–Kier alpha value is -2.07. The summed E-state index contributed by atoms with van der Waals surface area (Å²) in [6.45, 7) is 2.61. The summed E-state index contributed by atoms with van der Waals surface area (Å²) < 4.78 is 40.1. The van der Waals surface area contributed by atoms with Crippen LogP contribution < -0.4 is 4.90 Å². The Kier molecular flexibility index (Phi) is 7.93. The molecule has 0 radical (unpaired) electrons. The smallest absolute Gasteiger partial charge is 0.244 e. The summed E-state index contributed by atoms with van der Waals surface area (Å²) in [5, 5.41) is 0.288.